The number of carbonyl (C=O) groups is 1. The van der Waals surface area contributed by atoms with Crippen LogP contribution < -0.4 is 5.73 Å². The number of halogens is 1. The summed E-state index contributed by atoms with van der Waals surface area (Å²) in [7, 11) is 0. The molecule has 1 aromatic carbocycles. The van der Waals surface area contributed by atoms with Gasteiger partial charge in [0.1, 0.15) is 12.7 Å². The molecule has 7 heteroatoms. The molecule has 0 saturated carbocycles. The number of carbonyl (C=O) groups excluding carboxylic acids is 1. The van der Waals surface area contributed by atoms with E-state index in [1.54, 1.807) is 11.0 Å². The Morgan fingerprint density at radius 1 is 1.42 bits per heavy atom. The number of likely N-dealkylation sites (tertiary alicyclic amines) is 1. The average Bonchev–Trinajstić information content (AvgIpc) is 3.08. The van der Waals surface area contributed by atoms with Crippen LogP contribution in [0.15, 0.2) is 30.9 Å². The minimum Gasteiger partial charge on any atom is -0.338 e. The fourth-order valence-electron chi connectivity index (χ4n) is 3.17. The number of hydrogen-bond acceptors (Lipinski definition) is 4. The van der Waals surface area contributed by atoms with Gasteiger partial charge in [0.15, 0.2) is 0 Å². The van der Waals surface area contributed by atoms with Gasteiger partial charge in [0, 0.05) is 24.7 Å². The van der Waals surface area contributed by atoms with Crippen molar-refractivity contribution in [1.82, 2.24) is 19.7 Å². The predicted molar refractivity (Wildman–Crippen MR) is 95.6 cm³/mol. The van der Waals surface area contributed by atoms with E-state index in [1.807, 2.05) is 36.9 Å². The standard InChI is InChI=1S/C17H23N5O.ClH/c1-12-8-15(22-11-19-10-20-22)5-6-16(12)17(23)21-7-3-4-14(9-21)13(2)18;/h5-6,8,10-11,13-14H,3-4,7,9,18H2,1-2H3;1H. The first-order valence-electron chi connectivity index (χ1n) is 8.07. The van der Waals surface area contributed by atoms with Crippen molar-refractivity contribution in [2.75, 3.05) is 13.1 Å². The smallest absolute Gasteiger partial charge is 0.254 e. The predicted octanol–water partition coefficient (Wildman–Crippen LogP) is 2.20. The zero-order valence-corrected chi connectivity index (χ0v) is 14.9. The van der Waals surface area contributed by atoms with E-state index in [1.165, 1.54) is 6.33 Å². The van der Waals surface area contributed by atoms with Crippen LogP contribution in [-0.4, -0.2) is 44.7 Å². The highest BCUT2D eigenvalue weighted by molar-refractivity contribution is 5.96. The number of aromatic nitrogens is 3. The van der Waals surface area contributed by atoms with Crippen molar-refractivity contribution in [3.63, 3.8) is 0 Å². The van der Waals surface area contributed by atoms with E-state index in [-0.39, 0.29) is 24.4 Å². The van der Waals surface area contributed by atoms with Gasteiger partial charge in [0.25, 0.3) is 5.91 Å². The molecule has 1 aliphatic heterocycles. The third-order valence-electron chi connectivity index (χ3n) is 4.61. The number of hydrogen-bond donors (Lipinski definition) is 1. The summed E-state index contributed by atoms with van der Waals surface area (Å²) in [6.45, 7) is 5.55. The average molecular weight is 350 g/mol. The third kappa shape index (κ3) is 3.76. The van der Waals surface area contributed by atoms with E-state index >= 15 is 0 Å². The Kier molecular flexibility index (Phi) is 5.96. The van der Waals surface area contributed by atoms with Crippen LogP contribution in [0.25, 0.3) is 5.69 Å². The first kappa shape index (κ1) is 18.4. The van der Waals surface area contributed by atoms with Crippen molar-refractivity contribution < 1.29 is 4.79 Å². The highest BCUT2D eigenvalue weighted by atomic mass is 35.5. The molecule has 24 heavy (non-hydrogen) atoms. The fourth-order valence-corrected chi connectivity index (χ4v) is 3.17. The number of nitrogens with two attached hydrogens (primary N) is 1. The van der Waals surface area contributed by atoms with Gasteiger partial charge >= 0.3 is 0 Å². The molecule has 6 nitrogen and oxygen atoms in total. The molecule has 2 unspecified atom stereocenters. The van der Waals surface area contributed by atoms with E-state index in [0.29, 0.717) is 5.92 Å². The second-order valence-electron chi connectivity index (χ2n) is 6.35. The van der Waals surface area contributed by atoms with Gasteiger partial charge in [-0.05, 0) is 56.4 Å². The molecule has 130 valence electrons. The second kappa shape index (κ2) is 7.77. The summed E-state index contributed by atoms with van der Waals surface area (Å²) in [6.07, 6.45) is 5.27. The highest BCUT2D eigenvalue weighted by Crippen LogP contribution is 2.22. The first-order chi connectivity index (χ1) is 11.1. The summed E-state index contributed by atoms with van der Waals surface area (Å²) in [5.41, 5.74) is 8.62. The number of benzene rings is 1. The van der Waals surface area contributed by atoms with Crippen LogP contribution in [0.1, 0.15) is 35.7 Å². The van der Waals surface area contributed by atoms with Gasteiger partial charge in [0.05, 0.1) is 5.69 Å². The summed E-state index contributed by atoms with van der Waals surface area (Å²) in [5.74, 6) is 0.486. The summed E-state index contributed by atoms with van der Waals surface area (Å²) < 4.78 is 1.69. The van der Waals surface area contributed by atoms with Crippen LogP contribution in [0.4, 0.5) is 0 Å². The number of rotatable bonds is 3. The van der Waals surface area contributed by atoms with Crippen molar-refractivity contribution in [3.8, 4) is 5.69 Å². The molecule has 1 aliphatic rings. The molecule has 0 bridgehead atoms. The van der Waals surface area contributed by atoms with Crippen molar-refractivity contribution in [2.24, 2.45) is 11.7 Å². The molecule has 0 spiro atoms. The van der Waals surface area contributed by atoms with Crippen molar-refractivity contribution in [3.05, 3.63) is 42.0 Å². The van der Waals surface area contributed by atoms with E-state index in [4.69, 9.17) is 5.73 Å². The third-order valence-corrected chi connectivity index (χ3v) is 4.61. The van der Waals surface area contributed by atoms with E-state index < -0.39 is 0 Å². The van der Waals surface area contributed by atoms with Crippen molar-refractivity contribution in [1.29, 1.82) is 0 Å². The Labute approximate surface area is 148 Å². The van der Waals surface area contributed by atoms with Gasteiger partial charge in [-0.3, -0.25) is 4.79 Å². The fraction of sp³-hybridized carbons (Fsp3) is 0.471. The number of amides is 1. The summed E-state index contributed by atoms with van der Waals surface area (Å²) in [5, 5.41) is 4.12. The molecule has 0 radical (unpaired) electrons. The summed E-state index contributed by atoms with van der Waals surface area (Å²) >= 11 is 0. The lowest BCUT2D eigenvalue weighted by Crippen LogP contribution is -2.45. The highest BCUT2D eigenvalue weighted by Gasteiger charge is 2.27. The zero-order valence-electron chi connectivity index (χ0n) is 14.1. The van der Waals surface area contributed by atoms with E-state index in [9.17, 15) is 4.79 Å². The van der Waals surface area contributed by atoms with Gasteiger partial charge in [-0.1, -0.05) is 0 Å². The number of aryl methyl sites for hydroxylation is 1. The molecule has 2 aromatic rings. The first-order valence-corrected chi connectivity index (χ1v) is 8.07. The lowest BCUT2D eigenvalue weighted by Gasteiger charge is -2.35. The molecule has 1 fully saturated rings. The lowest BCUT2D eigenvalue weighted by molar-refractivity contribution is 0.0660. The van der Waals surface area contributed by atoms with Crippen LogP contribution >= 0.6 is 12.4 Å². The van der Waals surface area contributed by atoms with Crippen molar-refractivity contribution in [2.45, 2.75) is 32.7 Å². The van der Waals surface area contributed by atoms with Gasteiger partial charge in [0.2, 0.25) is 0 Å². The number of nitrogens with zero attached hydrogens (tertiary/aromatic N) is 4. The van der Waals surface area contributed by atoms with Crippen LogP contribution in [0, 0.1) is 12.8 Å². The summed E-state index contributed by atoms with van der Waals surface area (Å²) in [4.78, 5) is 18.7. The molecule has 3 rings (SSSR count). The Hall–Kier alpha value is -1.92. The Balaban J connectivity index is 0.00000208. The monoisotopic (exact) mass is 349 g/mol. The summed E-state index contributed by atoms with van der Waals surface area (Å²) in [6, 6.07) is 5.88. The Bertz CT molecular complexity index is 686. The quantitative estimate of drug-likeness (QED) is 0.921. The topological polar surface area (TPSA) is 77.0 Å². The number of piperidine rings is 1. The molecule has 1 amide bonds. The molecular weight excluding hydrogens is 326 g/mol. The minimum absolute atomic E-state index is 0. The molecule has 2 atom stereocenters. The normalized spacial score (nSPS) is 18.8. The molecule has 2 heterocycles. The van der Waals surface area contributed by atoms with Crippen molar-refractivity contribution >= 4 is 18.3 Å². The Morgan fingerprint density at radius 2 is 2.21 bits per heavy atom. The Morgan fingerprint density at radius 3 is 2.83 bits per heavy atom. The van der Waals surface area contributed by atoms with Crippen LogP contribution in [0.2, 0.25) is 0 Å². The van der Waals surface area contributed by atoms with Gasteiger partial charge in [-0.25, -0.2) is 9.67 Å². The van der Waals surface area contributed by atoms with Gasteiger partial charge in [-0.15, -0.1) is 12.4 Å². The minimum atomic E-state index is 0. The lowest BCUT2D eigenvalue weighted by atomic mass is 9.91. The molecule has 2 N–H and O–H groups in total. The van der Waals surface area contributed by atoms with Gasteiger partial charge in [-0.2, -0.15) is 5.10 Å². The SMILES string of the molecule is Cc1cc(-n2cncn2)ccc1C(=O)N1CCCC(C(C)N)C1.Cl. The maximum absolute atomic E-state index is 12.8. The van der Waals surface area contributed by atoms with Crippen LogP contribution in [0.5, 0.6) is 0 Å². The van der Waals surface area contributed by atoms with E-state index in [0.717, 1.165) is 42.7 Å². The van der Waals surface area contributed by atoms with Gasteiger partial charge < -0.3 is 10.6 Å². The second-order valence-corrected chi connectivity index (χ2v) is 6.35. The maximum atomic E-state index is 12.8. The van der Waals surface area contributed by atoms with Crippen LogP contribution in [-0.2, 0) is 0 Å². The zero-order chi connectivity index (χ0) is 16.4. The molecule has 1 aromatic heterocycles. The molecular formula is C17H24ClN5O. The largest absolute Gasteiger partial charge is 0.338 e. The van der Waals surface area contributed by atoms with E-state index in [2.05, 4.69) is 10.1 Å². The maximum Gasteiger partial charge on any atom is 0.254 e. The molecule has 1 saturated heterocycles. The van der Waals surface area contributed by atoms with Crippen LogP contribution in [0.3, 0.4) is 0 Å². The molecule has 0 aliphatic carbocycles.